The number of thiazole rings is 1. The van der Waals surface area contributed by atoms with E-state index in [0.717, 1.165) is 57.5 Å². The van der Waals surface area contributed by atoms with E-state index >= 15 is 0 Å². The number of β-lactam (4-membered cyclic amide) rings is 1. The first kappa shape index (κ1) is 29.6. The van der Waals surface area contributed by atoms with Crippen molar-refractivity contribution in [3.63, 3.8) is 0 Å². The highest BCUT2D eigenvalue weighted by molar-refractivity contribution is 8.04. The van der Waals surface area contributed by atoms with Gasteiger partial charge in [0, 0.05) is 27.3 Å². The third kappa shape index (κ3) is 5.61. The van der Waals surface area contributed by atoms with E-state index < -0.39 is 52.1 Å². The third-order valence-corrected chi connectivity index (χ3v) is 10.1. The number of nitrogens with zero attached hydrogens (tertiary/aromatic N) is 3. The molecule has 0 radical (unpaired) electrons. The van der Waals surface area contributed by atoms with Gasteiger partial charge in [-0.15, -0.1) is 34.4 Å². The maximum absolute atomic E-state index is 13.1. The van der Waals surface area contributed by atoms with Gasteiger partial charge < -0.3 is 21.4 Å². The second-order valence-electron chi connectivity index (χ2n) is 8.62. The third-order valence-electron chi connectivity index (χ3n) is 6.05. The first-order valence-corrected chi connectivity index (χ1v) is 15.1. The molecule has 2 aliphatic rings. The lowest BCUT2D eigenvalue weighted by Crippen LogP contribution is -2.71. The number of aromatic nitrogens is 1. The molecule has 0 saturated carbocycles. The number of oxime groups is 1. The quantitative estimate of drug-likeness (QED) is 0.0969. The van der Waals surface area contributed by atoms with Gasteiger partial charge in [-0.3, -0.25) is 19.3 Å². The number of anilines is 1. The van der Waals surface area contributed by atoms with Crippen LogP contribution in [0.15, 0.2) is 66.6 Å². The maximum atomic E-state index is 13.1. The number of aliphatic carboxylic acids is 1. The van der Waals surface area contributed by atoms with Crippen LogP contribution in [-0.2, 0) is 20.6 Å². The minimum absolute atomic E-state index is 0.00527. The minimum atomic E-state index is -4.57. The van der Waals surface area contributed by atoms with Gasteiger partial charge in [-0.25, -0.2) is 9.78 Å². The van der Waals surface area contributed by atoms with Crippen LogP contribution in [0, 0.1) is 0 Å². The van der Waals surface area contributed by atoms with Crippen LogP contribution in [0.5, 0.6) is 0 Å². The molecule has 0 bridgehead atoms. The number of thioether (sulfide) groups is 2. The normalized spacial score (nSPS) is 19.3. The molecular formula is C24H16F3N5O6S4. The molecule has 1 saturated heterocycles. The van der Waals surface area contributed by atoms with E-state index in [0.29, 0.717) is 4.21 Å². The SMILES string of the molecule is Nc1nc(C(=NO)C(=O)NC2C(=O)N3C(C(=O)O)=C(C=CSc4cc(=O)c5ccc(C(F)(F)F)cc5s4)CS[C@H]23)cs1. The number of amides is 2. The molecule has 1 aromatic carbocycles. The van der Waals surface area contributed by atoms with E-state index in [4.69, 9.17) is 5.73 Å². The molecule has 4 heterocycles. The van der Waals surface area contributed by atoms with E-state index in [1.165, 1.54) is 34.7 Å². The van der Waals surface area contributed by atoms with Crippen LogP contribution in [0.25, 0.3) is 10.1 Å². The Kier molecular flexibility index (Phi) is 8.06. The smallest absolute Gasteiger partial charge is 0.416 e. The average Bonchev–Trinajstić information content (AvgIpc) is 3.36. The van der Waals surface area contributed by atoms with E-state index in [1.54, 1.807) is 0 Å². The van der Waals surface area contributed by atoms with Gasteiger partial charge in [-0.05, 0) is 35.3 Å². The Hall–Kier alpha value is -3.87. The maximum Gasteiger partial charge on any atom is 0.416 e. The van der Waals surface area contributed by atoms with Crippen LogP contribution >= 0.6 is 46.2 Å². The molecule has 5 N–H and O–H groups in total. The summed E-state index contributed by atoms with van der Waals surface area (Å²) in [4.78, 5) is 55.0. The fraction of sp³-hybridized carbons (Fsp3) is 0.167. The number of carbonyl (C=O) groups is 3. The minimum Gasteiger partial charge on any atom is -0.477 e. The van der Waals surface area contributed by atoms with Crippen LogP contribution in [-0.4, -0.2) is 60.9 Å². The number of allylic oxidation sites excluding steroid dienone is 1. The summed E-state index contributed by atoms with van der Waals surface area (Å²) in [6.07, 6.45) is -3.11. The summed E-state index contributed by atoms with van der Waals surface area (Å²) in [5.41, 5.74) is 3.73. The highest BCUT2D eigenvalue weighted by Gasteiger charge is 2.54. The molecule has 2 aromatic heterocycles. The number of nitrogens with one attached hydrogen (secondary N) is 1. The Morgan fingerprint density at radius 1 is 1.26 bits per heavy atom. The van der Waals surface area contributed by atoms with Crippen LogP contribution in [0.2, 0.25) is 0 Å². The summed E-state index contributed by atoms with van der Waals surface area (Å²) in [6, 6.07) is 3.07. The zero-order valence-corrected chi connectivity index (χ0v) is 23.9. The van der Waals surface area contributed by atoms with Crippen molar-refractivity contribution in [2.75, 3.05) is 11.5 Å². The molecule has 218 valence electrons. The fourth-order valence-corrected chi connectivity index (χ4v) is 8.02. The number of fused-ring (bicyclic) bond motifs is 2. The number of carboxylic acid groups (broad SMARTS) is 1. The summed E-state index contributed by atoms with van der Waals surface area (Å²) >= 11 is 4.20. The molecular weight excluding hydrogens is 640 g/mol. The molecule has 1 fully saturated rings. The first-order valence-electron chi connectivity index (χ1n) is 11.5. The Morgan fingerprint density at radius 3 is 2.67 bits per heavy atom. The number of halogens is 3. The van der Waals surface area contributed by atoms with Crippen molar-refractivity contribution < 1.29 is 37.9 Å². The number of alkyl halides is 3. The summed E-state index contributed by atoms with van der Waals surface area (Å²) in [5.74, 6) is -2.83. The topological polar surface area (TPSA) is 175 Å². The van der Waals surface area contributed by atoms with Crippen LogP contribution in [0.1, 0.15) is 11.3 Å². The zero-order chi connectivity index (χ0) is 30.3. The molecule has 1 unspecified atom stereocenters. The molecule has 5 rings (SSSR count). The van der Waals surface area contributed by atoms with Gasteiger partial charge in [0.1, 0.15) is 22.8 Å². The highest BCUT2D eigenvalue weighted by atomic mass is 32.2. The van der Waals surface area contributed by atoms with Crippen molar-refractivity contribution in [3.8, 4) is 0 Å². The van der Waals surface area contributed by atoms with Crippen molar-refractivity contribution in [1.29, 1.82) is 0 Å². The Morgan fingerprint density at radius 2 is 2.02 bits per heavy atom. The number of nitrogen functional groups attached to an aromatic ring is 1. The lowest BCUT2D eigenvalue weighted by atomic mass is 10.0. The Balaban J connectivity index is 1.32. The lowest BCUT2D eigenvalue weighted by Gasteiger charge is -2.49. The summed E-state index contributed by atoms with van der Waals surface area (Å²) in [6.45, 7) is 0. The second-order valence-corrected chi connectivity index (χ2v) is 12.9. The van der Waals surface area contributed by atoms with Crippen molar-refractivity contribution in [2.24, 2.45) is 5.16 Å². The molecule has 2 amide bonds. The molecule has 2 atom stereocenters. The van der Waals surface area contributed by atoms with Gasteiger partial charge in [0.2, 0.25) is 0 Å². The number of benzene rings is 1. The zero-order valence-electron chi connectivity index (χ0n) is 20.6. The standard InChI is InChI=1S/C24H16F3N5O6S4/c25-24(26,27)10-1-2-11-13(33)6-15(42-14(11)5-10)39-4-3-9-7-40-21-17(20(35)32(21)18(9)22(36)37)30-19(34)16(31-38)12-8-41-23(28)29-12/h1-6,8,17,21,38H,7H2,(H2,28,29)(H,30,34)(H,36,37)/t17?,21-/m1/s1. The van der Waals surface area contributed by atoms with E-state index in [2.05, 4.69) is 15.5 Å². The van der Waals surface area contributed by atoms with E-state index in [1.807, 2.05) is 0 Å². The average molecular weight is 656 g/mol. The number of hydrogen-bond acceptors (Lipinski definition) is 12. The van der Waals surface area contributed by atoms with Crippen LogP contribution in [0.4, 0.5) is 18.3 Å². The summed E-state index contributed by atoms with van der Waals surface area (Å²) in [7, 11) is 0. The predicted octanol–water partition coefficient (Wildman–Crippen LogP) is 3.54. The van der Waals surface area contributed by atoms with Gasteiger partial charge in [0.15, 0.2) is 16.3 Å². The number of nitrogens with two attached hydrogens (primary N) is 1. The molecule has 0 spiro atoms. The van der Waals surface area contributed by atoms with Gasteiger partial charge in [0.05, 0.1) is 9.77 Å². The highest BCUT2D eigenvalue weighted by Crippen LogP contribution is 2.41. The van der Waals surface area contributed by atoms with Crippen molar-refractivity contribution >= 4 is 84.9 Å². The predicted molar refractivity (Wildman–Crippen MR) is 153 cm³/mol. The van der Waals surface area contributed by atoms with Gasteiger partial charge >= 0.3 is 12.1 Å². The Labute approximate surface area is 249 Å². The second kappa shape index (κ2) is 11.4. The van der Waals surface area contributed by atoms with E-state index in [9.17, 15) is 42.7 Å². The van der Waals surface area contributed by atoms with Crippen LogP contribution < -0.4 is 16.5 Å². The van der Waals surface area contributed by atoms with E-state index in [-0.39, 0.29) is 37.9 Å². The number of hydrogen-bond donors (Lipinski definition) is 4. The van der Waals surface area contributed by atoms with Crippen molar-refractivity contribution in [1.82, 2.24) is 15.2 Å². The largest absolute Gasteiger partial charge is 0.477 e. The molecule has 2 aliphatic heterocycles. The van der Waals surface area contributed by atoms with Crippen molar-refractivity contribution in [2.45, 2.75) is 21.8 Å². The van der Waals surface area contributed by atoms with Gasteiger partial charge in [-0.2, -0.15) is 13.2 Å². The van der Waals surface area contributed by atoms with Gasteiger partial charge in [-0.1, -0.05) is 16.9 Å². The van der Waals surface area contributed by atoms with Gasteiger partial charge in [0.25, 0.3) is 11.8 Å². The number of carbonyl (C=O) groups excluding carboxylic acids is 2. The number of carboxylic acids is 1. The summed E-state index contributed by atoms with van der Waals surface area (Å²) in [5, 5.41) is 26.9. The number of rotatable bonds is 7. The summed E-state index contributed by atoms with van der Waals surface area (Å²) < 4.78 is 39.9. The lowest BCUT2D eigenvalue weighted by molar-refractivity contribution is -0.150. The molecule has 11 nitrogen and oxygen atoms in total. The first-order chi connectivity index (χ1) is 19.9. The molecule has 0 aliphatic carbocycles. The van der Waals surface area contributed by atoms with Crippen LogP contribution in [0.3, 0.4) is 0 Å². The molecule has 42 heavy (non-hydrogen) atoms. The monoisotopic (exact) mass is 655 g/mol. The fourth-order valence-electron chi connectivity index (χ4n) is 4.14. The van der Waals surface area contributed by atoms with Crippen molar-refractivity contribution in [3.05, 3.63) is 73.9 Å². The molecule has 3 aromatic rings. The Bertz CT molecular complexity index is 1780. The molecule has 18 heteroatoms.